The molecule has 1 saturated heterocycles. The molecule has 9 rings (SSSR count). The van der Waals surface area contributed by atoms with Gasteiger partial charge in [-0.3, -0.25) is 19.5 Å². The number of aromatic nitrogens is 3. The molecule has 2 amide bonds. The van der Waals surface area contributed by atoms with Gasteiger partial charge in [-0.25, -0.2) is 14.8 Å². The molecule has 1 saturated carbocycles. The summed E-state index contributed by atoms with van der Waals surface area (Å²) in [5.74, 6) is 0.0665. The van der Waals surface area contributed by atoms with E-state index in [0.717, 1.165) is 73.3 Å². The minimum Gasteiger partial charge on any atom is -0.496 e. The Labute approximate surface area is 417 Å². The number of methoxy groups -OCH3 is 2. The zero-order chi connectivity index (χ0) is 50.1. The van der Waals surface area contributed by atoms with Gasteiger partial charge in [-0.1, -0.05) is 49.7 Å². The molecule has 1 spiro atoms. The second-order valence-electron chi connectivity index (χ2n) is 19.9. The zero-order valence-corrected chi connectivity index (χ0v) is 41.3. The molecule has 4 atom stereocenters. The second kappa shape index (κ2) is 20.5. The molecular weight excluding hydrogens is 933 g/mol. The van der Waals surface area contributed by atoms with Gasteiger partial charge in [-0.05, 0) is 159 Å². The number of alkyl halides is 3. The van der Waals surface area contributed by atoms with Gasteiger partial charge in [0.2, 0.25) is 0 Å². The molecule has 71 heavy (non-hydrogen) atoms. The molecular formula is C55H60ClF3N6O6. The maximum absolute atomic E-state index is 14.6. The Balaban J connectivity index is 0.967. The van der Waals surface area contributed by atoms with Crippen molar-refractivity contribution in [3.63, 3.8) is 0 Å². The number of nitrogens with zero attached hydrogens (tertiary/aromatic N) is 5. The lowest BCUT2D eigenvalue weighted by Gasteiger charge is -2.51. The summed E-state index contributed by atoms with van der Waals surface area (Å²) >= 11 is 6.31. The van der Waals surface area contributed by atoms with E-state index in [9.17, 15) is 27.6 Å². The number of amides is 2. The Morgan fingerprint density at radius 2 is 1.73 bits per heavy atom. The molecule has 3 heterocycles. The number of halogens is 4. The molecule has 16 heteroatoms. The first kappa shape index (κ1) is 49.7. The third-order valence-corrected chi connectivity index (χ3v) is 15.8. The van der Waals surface area contributed by atoms with Crippen molar-refractivity contribution in [2.75, 3.05) is 50.3 Å². The van der Waals surface area contributed by atoms with Crippen molar-refractivity contribution in [2.24, 2.45) is 17.8 Å². The largest absolute Gasteiger partial charge is 0.496 e. The number of para-hydroxylation sites is 1. The monoisotopic (exact) mass is 992 g/mol. The van der Waals surface area contributed by atoms with Crippen LogP contribution in [-0.2, 0) is 32.6 Å². The van der Waals surface area contributed by atoms with Crippen LogP contribution < -0.4 is 24.6 Å². The number of nitrogens with one attached hydrogen (secondary N) is 1. The quantitative estimate of drug-likeness (QED) is 0.107. The summed E-state index contributed by atoms with van der Waals surface area (Å²) < 4.78 is 61.3. The minimum absolute atomic E-state index is 0.0250. The zero-order valence-electron chi connectivity index (χ0n) is 40.6. The van der Waals surface area contributed by atoms with Gasteiger partial charge in [0, 0.05) is 59.6 Å². The molecule has 12 nitrogen and oxygen atoms in total. The molecule has 0 unspecified atom stereocenters. The van der Waals surface area contributed by atoms with Crippen LogP contribution in [0.2, 0.25) is 5.02 Å². The van der Waals surface area contributed by atoms with E-state index < -0.39 is 29.0 Å². The van der Waals surface area contributed by atoms with E-state index in [1.54, 1.807) is 19.5 Å². The fourth-order valence-corrected chi connectivity index (χ4v) is 12.2. The molecule has 5 aromatic rings. The Morgan fingerprint density at radius 1 is 0.944 bits per heavy atom. The van der Waals surface area contributed by atoms with Crippen molar-refractivity contribution in [2.45, 2.75) is 101 Å². The number of ether oxygens (including phenoxy) is 3. The van der Waals surface area contributed by atoms with E-state index in [-0.39, 0.29) is 60.1 Å². The lowest BCUT2D eigenvalue weighted by molar-refractivity contribution is -0.174. The fourth-order valence-electron chi connectivity index (χ4n) is 12.0. The number of aryl methyl sites for hydroxylation is 1. The molecule has 374 valence electrons. The summed E-state index contributed by atoms with van der Waals surface area (Å²) in [6, 6.07) is 22.8. The van der Waals surface area contributed by atoms with Crippen LogP contribution in [0.25, 0.3) is 11.4 Å². The molecule has 2 aromatic heterocycles. The van der Waals surface area contributed by atoms with Gasteiger partial charge in [0.05, 0.1) is 26.4 Å². The fraction of sp³-hybridized carbons (Fsp3) is 0.455. The number of pyridine rings is 1. The van der Waals surface area contributed by atoms with E-state index in [1.165, 1.54) is 29.8 Å². The number of anilines is 2. The number of carbonyl (C=O) groups is 3. The van der Waals surface area contributed by atoms with Crippen molar-refractivity contribution >= 4 is 40.9 Å². The molecule has 1 aliphatic heterocycles. The summed E-state index contributed by atoms with van der Waals surface area (Å²) in [5.41, 5.74) is 2.70. The van der Waals surface area contributed by atoms with Crippen LogP contribution in [0.5, 0.6) is 11.5 Å². The van der Waals surface area contributed by atoms with Crippen molar-refractivity contribution in [1.29, 1.82) is 0 Å². The van der Waals surface area contributed by atoms with Crippen LogP contribution in [0.1, 0.15) is 104 Å². The van der Waals surface area contributed by atoms with Gasteiger partial charge in [0.1, 0.15) is 22.9 Å². The summed E-state index contributed by atoms with van der Waals surface area (Å²) in [4.78, 5) is 58.6. The number of fused-ring (bicyclic) bond motifs is 3. The predicted octanol–water partition coefficient (Wildman–Crippen LogP) is 10.5. The van der Waals surface area contributed by atoms with E-state index in [2.05, 4.69) is 34.0 Å². The van der Waals surface area contributed by atoms with Crippen molar-refractivity contribution in [3.05, 3.63) is 124 Å². The highest BCUT2D eigenvalue weighted by molar-refractivity contribution is 6.31. The van der Waals surface area contributed by atoms with Crippen LogP contribution >= 0.6 is 11.6 Å². The first-order valence-corrected chi connectivity index (χ1v) is 25.0. The molecule has 0 radical (unpaired) electrons. The first-order chi connectivity index (χ1) is 34.1. The topological polar surface area (TPSA) is 136 Å². The maximum atomic E-state index is 14.6. The Bertz CT molecular complexity index is 2780. The average molecular weight is 994 g/mol. The second-order valence-corrected chi connectivity index (χ2v) is 20.4. The van der Waals surface area contributed by atoms with Crippen LogP contribution in [0.15, 0.2) is 91.3 Å². The van der Waals surface area contributed by atoms with Crippen LogP contribution in [0, 0.1) is 17.8 Å². The smallest absolute Gasteiger partial charge is 0.471 e. The lowest BCUT2D eigenvalue weighted by atomic mass is 9.59. The van der Waals surface area contributed by atoms with Gasteiger partial charge < -0.3 is 24.4 Å². The minimum atomic E-state index is -5.31. The van der Waals surface area contributed by atoms with Gasteiger partial charge in [0.25, 0.3) is 5.91 Å². The standard InChI is InChI=1S/C55H60ClF3N6O6/c1-34(33-71-46-17-24-60-44-13-7-9-35(2)48(44)46)27-39-28-37-15-16-38(50(66)62-31-36-19-26-64(32-36)47-18-25-61-49(63-47)42-12-5-6-14-45(42)69-3)29-43(37)53(39)20-22-54(23-21-53,52(68)70-4)65(51(67)55(57,58)59)41-11-8-10-40(56)30-41/h5-6,8,10-12,14-18,24-25,29-30,34-36,39H,7,9,13,19-23,26-28,31-33H2,1-4H3,(H,62,66)/t34-,35-,36-,39+,53?,54?/m1/s1. The number of esters is 1. The molecule has 1 N–H and O–H groups in total. The summed E-state index contributed by atoms with van der Waals surface area (Å²) in [6.07, 6.45) is 3.76. The van der Waals surface area contributed by atoms with Crippen molar-refractivity contribution in [3.8, 4) is 22.9 Å². The Morgan fingerprint density at radius 3 is 2.49 bits per heavy atom. The number of benzene rings is 3. The molecule has 0 bridgehead atoms. The van der Waals surface area contributed by atoms with E-state index in [1.807, 2.05) is 54.6 Å². The van der Waals surface area contributed by atoms with E-state index in [4.69, 9.17) is 30.8 Å². The van der Waals surface area contributed by atoms with E-state index in [0.29, 0.717) is 60.5 Å². The van der Waals surface area contributed by atoms with Crippen LogP contribution in [-0.4, -0.2) is 84.9 Å². The van der Waals surface area contributed by atoms with Crippen molar-refractivity contribution in [1.82, 2.24) is 20.3 Å². The van der Waals surface area contributed by atoms with Crippen molar-refractivity contribution < 1.29 is 41.8 Å². The van der Waals surface area contributed by atoms with Crippen LogP contribution in [0.3, 0.4) is 0 Å². The average Bonchev–Trinajstić information content (AvgIpc) is 3.97. The number of hydrogen-bond acceptors (Lipinski definition) is 10. The third-order valence-electron chi connectivity index (χ3n) is 15.6. The first-order valence-electron chi connectivity index (χ1n) is 24.6. The Hall–Kier alpha value is -6.22. The molecule has 2 fully saturated rings. The van der Waals surface area contributed by atoms with E-state index >= 15 is 0 Å². The normalized spacial score (nSPS) is 23.1. The molecule has 4 aliphatic rings. The van der Waals surface area contributed by atoms with Gasteiger partial charge in [-0.2, -0.15) is 13.2 Å². The predicted molar refractivity (Wildman–Crippen MR) is 265 cm³/mol. The SMILES string of the molecule is COC(=O)C1(N(C(=O)C(F)(F)F)c2cccc(Cl)c2)CCC2(CC1)c1cc(C(=O)NC[C@H]3CCN(c4ccnc(-c5ccccc5OC)n4)C3)ccc1C[C@@H]2C[C@@H](C)COc1ccnc2c1[C@H](C)CCC2. The summed E-state index contributed by atoms with van der Waals surface area (Å²) in [5, 5.41) is 3.30. The number of carbonyl (C=O) groups excluding carboxylic acids is 3. The Kier molecular flexibility index (Phi) is 14.4. The number of hydrogen-bond donors (Lipinski definition) is 1. The summed E-state index contributed by atoms with van der Waals surface area (Å²) in [7, 11) is 2.74. The van der Waals surface area contributed by atoms with Crippen LogP contribution in [0.4, 0.5) is 24.7 Å². The molecule has 3 aromatic carbocycles. The van der Waals surface area contributed by atoms with Gasteiger partial charge >= 0.3 is 18.1 Å². The third kappa shape index (κ3) is 9.90. The maximum Gasteiger partial charge on any atom is 0.471 e. The lowest BCUT2D eigenvalue weighted by Crippen LogP contribution is -2.63. The highest BCUT2D eigenvalue weighted by Gasteiger charge is 2.60. The van der Waals surface area contributed by atoms with Gasteiger partial charge in [0.15, 0.2) is 5.82 Å². The molecule has 3 aliphatic carbocycles. The summed E-state index contributed by atoms with van der Waals surface area (Å²) in [6.45, 7) is 6.68. The highest BCUT2D eigenvalue weighted by Crippen LogP contribution is 2.58. The number of rotatable bonds is 14. The van der Waals surface area contributed by atoms with Gasteiger partial charge in [-0.15, -0.1) is 0 Å². The highest BCUT2D eigenvalue weighted by atomic mass is 35.5.